The van der Waals surface area contributed by atoms with Gasteiger partial charge >= 0.3 is 0 Å². The lowest BCUT2D eigenvalue weighted by molar-refractivity contribution is 0.0983. The summed E-state index contributed by atoms with van der Waals surface area (Å²) in [7, 11) is 0. The Morgan fingerprint density at radius 2 is 1.42 bits per heavy atom. The highest BCUT2D eigenvalue weighted by Crippen LogP contribution is 2.30. The van der Waals surface area contributed by atoms with Crippen molar-refractivity contribution in [3.63, 3.8) is 0 Å². The van der Waals surface area contributed by atoms with Gasteiger partial charge in [-0.05, 0) is 29.0 Å². The Bertz CT molecular complexity index is 1140. The molecule has 0 aliphatic heterocycles. The first-order valence-electron chi connectivity index (χ1n) is 10.7. The Morgan fingerprint density at radius 1 is 0.774 bits per heavy atom. The van der Waals surface area contributed by atoms with Crippen molar-refractivity contribution in [1.82, 2.24) is 0 Å². The van der Waals surface area contributed by atoms with Gasteiger partial charge in [-0.1, -0.05) is 91.0 Å². The number of aliphatic hydroxyl groups is 1. The largest absolute Gasteiger partial charge is 0.493 e. The maximum atomic E-state index is 12.5. The minimum Gasteiger partial charge on any atom is -0.493 e. The van der Waals surface area contributed by atoms with Gasteiger partial charge in [0.2, 0.25) is 0 Å². The lowest BCUT2D eigenvalue weighted by atomic mass is 9.97. The van der Waals surface area contributed by atoms with Crippen LogP contribution in [0.4, 0.5) is 0 Å². The fourth-order valence-corrected chi connectivity index (χ4v) is 3.82. The van der Waals surface area contributed by atoms with Crippen molar-refractivity contribution < 1.29 is 14.6 Å². The number of Topliss-reactive ketones (excluding diaryl/α,β-unsaturated/α-hetero) is 1. The van der Waals surface area contributed by atoms with E-state index in [9.17, 15) is 9.90 Å². The summed E-state index contributed by atoms with van der Waals surface area (Å²) in [5.74, 6) is 0.953. The Hall–Kier alpha value is -3.43. The van der Waals surface area contributed by atoms with Gasteiger partial charge in [0.05, 0.1) is 12.7 Å². The van der Waals surface area contributed by atoms with Gasteiger partial charge in [0.15, 0.2) is 5.78 Å². The minimum atomic E-state index is -0.546. The Kier molecular flexibility index (Phi) is 6.75. The average molecular weight is 411 g/mol. The third kappa shape index (κ3) is 5.19. The molecular formula is C28H26O3. The van der Waals surface area contributed by atoms with Gasteiger partial charge in [0, 0.05) is 23.8 Å². The predicted octanol–water partition coefficient (Wildman–Crippen LogP) is 6.16. The lowest BCUT2D eigenvalue weighted by Gasteiger charge is -2.15. The van der Waals surface area contributed by atoms with Gasteiger partial charge in [-0.25, -0.2) is 0 Å². The molecule has 156 valence electrons. The zero-order chi connectivity index (χ0) is 21.5. The van der Waals surface area contributed by atoms with Crippen LogP contribution in [0.15, 0.2) is 97.1 Å². The number of carbonyl (C=O) groups excluding carboxylic acids is 1. The molecule has 0 bridgehead atoms. The molecule has 1 N–H and O–H groups in total. The van der Waals surface area contributed by atoms with Crippen LogP contribution in [0.3, 0.4) is 0 Å². The van der Waals surface area contributed by atoms with Crippen molar-refractivity contribution >= 4 is 16.6 Å². The number of hydrogen-bond donors (Lipinski definition) is 1. The topological polar surface area (TPSA) is 46.5 Å². The fourth-order valence-electron chi connectivity index (χ4n) is 3.82. The van der Waals surface area contributed by atoms with Gasteiger partial charge < -0.3 is 9.84 Å². The van der Waals surface area contributed by atoms with E-state index in [2.05, 4.69) is 6.07 Å². The zero-order valence-corrected chi connectivity index (χ0v) is 17.4. The number of carbonyl (C=O) groups is 1. The molecule has 1 unspecified atom stereocenters. The van der Waals surface area contributed by atoms with Crippen LogP contribution in [-0.4, -0.2) is 17.5 Å². The number of ether oxygens (including phenoxy) is 1. The molecule has 3 nitrogen and oxygen atoms in total. The summed E-state index contributed by atoms with van der Waals surface area (Å²) in [4.78, 5) is 12.5. The molecule has 3 heteroatoms. The van der Waals surface area contributed by atoms with Gasteiger partial charge in [-0.15, -0.1) is 0 Å². The Labute approximate surface area is 182 Å². The maximum absolute atomic E-state index is 12.5. The van der Waals surface area contributed by atoms with Crippen LogP contribution in [-0.2, 0) is 6.42 Å². The number of fused-ring (bicyclic) bond motifs is 1. The molecule has 4 aromatic rings. The highest BCUT2D eigenvalue weighted by molar-refractivity contribution is 5.97. The number of hydrogen-bond acceptors (Lipinski definition) is 3. The van der Waals surface area contributed by atoms with Crippen molar-refractivity contribution in [3.05, 3.63) is 114 Å². The van der Waals surface area contributed by atoms with Crippen molar-refractivity contribution in [1.29, 1.82) is 0 Å². The number of aliphatic hydroxyl groups excluding tert-OH is 1. The lowest BCUT2D eigenvalue weighted by Crippen LogP contribution is -2.06. The van der Waals surface area contributed by atoms with E-state index in [4.69, 9.17) is 4.74 Å². The van der Waals surface area contributed by atoms with Crippen molar-refractivity contribution in [3.8, 4) is 5.75 Å². The SMILES string of the molecule is O=C(CCc1ccc(OCCC(O)c2ccccc2)c2ccccc12)c1ccccc1. The normalized spacial score (nSPS) is 11.9. The summed E-state index contributed by atoms with van der Waals surface area (Å²) in [6.07, 6.45) is 1.13. The molecule has 0 heterocycles. The number of aryl methyl sites for hydroxylation is 1. The predicted molar refractivity (Wildman–Crippen MR) is 125 cm³/mol. The summed E-state index contributed by atoms with van der Waals surface area (Å²) in [5, 5.41) is 12.5. The van der Waals surface area contributed by atoms with Gasteiger partial charge in [-0.2, -0.15) is 0 Å². The van der Waals surface area contributed by atoms with Crippen LogP contribution < -0.4 is 4.74 Å². The van der Waals surface area contributed by atoms with E-state index in [1.165, 1.54) is 0 Å². The van der Waals surface area contributed by atoms with Gasteiger partial charge in [0.1, 0.15) is 5.75 Å². The van der Waals surface area contributed by atoms with Crippen LogP contribution in [0.2, 0.25) is 0 Å². The van der Waals surface area contributed by atoms with Gasteiger partial charge in [0.25, 0.3) is 0 Å². The number of ketones is 1. The highest BCUT2D eigenvalue weighted by atomic mass is 16.5. The van der Waals surface area contributed by atoms with E-state index in [-0.39, 0.29) is 5.78 Å². The molecule has 0 amide bonds. The molecular weight excluding hydrogens is 384 g/mol. The second-order valence-corrected chi connectivity index (χ2v) is 7.62. The molecule has 0 saturated heterocycles. The molecule has 0 aromatic heterocycles. The summed E-state index contributed by atoms with van der Waals surface area (Å²) in [6.45, 7) is 0.423. The van der Waals surface area contributed by atoms with Crippen LogP contribution >= 0.6 is 0 Å². The summed E-state index contributed by atoms with van der Waals surface area (Å²) < 4.78 is 6.03. The number of benzene rings is 4. The maximum Gasteiger partial charge on any atom is 0.163 e. The van der Waals surface area contributed by atoms with E-state index in [1.54, 1.807) is 0 Å². The smallest absolute Gasteiger partial charge is 0.163 e. The van der Waals surface area contributed by atoms with E-state index in [0.29, 0.717) is 25.9 Å². The molecule has 0 aliphatic carbocycles. The highest BCUT2D eigenvalue weighted by Gasteiger charge is 2.11. The van der Waals surface area contributed by atoms with Crippen LogP contribution in [0.1, 0.15) is 40.4 Å². The first-order valence-corrected chi connectivity index (χ1v) is 10.7. The molecule has 0 radical (unpaired) electrons. The molecule has 0 fully saturated rings. The molecule has 1 atom stereocenters. The van der Waals surface area contributed by atoms with Crippen molar-refractivity contribution in [2.45, 2.75) is 25.4 Å². The molecule has 0 saturated carbocycles. The average Bonchev–Trinajstić information content (AvgIpc) is 2.84. The monoisotopic (exact) mass is 410 g/mol. The van der Waals surface area contributed by atoms with Crippen LogP contribution in [0.25, 0.3) is 10.8 Å². The first kappa shape index (κ1) is 20.8. The van der Waals surface area contributed by atoms with Gasteiger partial charge in [-0.3, -0.25) is 4.79 Å². The van der Waals surface area contributed by atoms with Crippen LogP contribution in [0, 0.1) is 0 Å². The molecule has 4 rings (SSSR count). The third-order valence-corrected chi connectivity index (χ3v) is 5.52. The van der Waals surface area contributed by atoms with Crippen LogP contribution in [0.5, 0.6) is 5.75 Å². The quantitative estimate of drug-likeness (QED) is 0.336. The van der Waals surface area contributed by atoms with E-state index < -0.39 is 6.10 Å². The molecule has 31 heavy (non-hydrogen) atoms. The summed E-state index contributed by atoms with van der Waals surface area (Å²) in [5.41, 5.74) is 2.79. The van der Waals surface area contributed by atoms with Crippen molar-refractivity contribution in [2.24, 2.45) is 0 Å². The Balaban J connectivity index is 1.43. The van der Waals surface area contributed by atoms with E-state index in [0.717, 1.165) is 33.2 Å². The standard InChI is InChI=1S/C28H26O3/c29-26(22-9-3-1-4-10-22)17-15-21-16-18-28(25-14-8-7-13-24(21)25)31-20-19-27(30)23-11-5-2-6-12-23/h1-14,16,18,27,30H,15,17,19-20H2. The second-order valence-electron chi connectivity index (χ2n) is 7.62. The summed E-state index contributed by atoms with van der Waals surface area (Å²) >= 11 is 0. The zero-order valence-electron chi connectivity index (χ0n) is 17.4. The first-order chi connectivity index (χ1) is 15.2. The molecule has 0 spiro atoms. The molecule has 4 aromatic carbocycles. The minimum absolute atomic E-state index is 0.153. The third-order valence-electron chi connectivity index (χ3n) is 5.52. The number of rotatable bonds is 9. The van der Waals surface area contributed by atoms with E-state index in [1.807, 2.05) is 91.0 Å². The second kappa shape index (κ2) is 10.1. The van der Waals surface area contributed by atoms with E-state index >= 15 is 0 Å². The van der Waals surface area contributed by atoms with Crippen molar-refractivity contribution in [2.75, 3.05) is 6.61 Å². The fraction of sp³-hybridized carbons (Fsp3) is 0.179. The molecule has 0 aliphatic rings. The Morgan fingerprint density at radius 3 is 2.16 bits per heavy atom. The summed E-state index contributed by atoms with van der Waals surface area (Å²) in [6, 6.07) is 31.2.